The van der Waals surface area contributed by atoms with Crippen LogP contribution >= 0.6 is 0 Å². The molecule has 0 radical (unpaired) electrons. The molecule has 0 unspecified atom stereocenters. The largest absolute Gasteiger partial charge is 0.452 e. The van der Waals surface area contributed by atoms with Gasteiger partial charge in [0, 0.05) is 30.4 Å². The summed E-state index contributed by atoms with van der Waals surface area (Å²) in [5, 5.41) is 11.4. The van der Waals surface area contributed by atoms with Gasteiger partial charge < -0.3 is 18.8 Å². The Kier molecular flexibility index (Phi) is 5.71. The van der Waals surface area contributed by atoms with Crippen molar-refractivity contribution in [3.05, 3.63) is 76.3 Å². The Labute approximate surface area is 172 Å². The van der Waals surface area contributed by atoms with E-state index in [9.17, 15) is 14.9 Å². The summed E-state index contributed by atoms with van der Waals surface area (Å²) in [5.41, 5.74) is 1.13. The quantitative estimate of drug-likeness (QED) is 0.346. The number of nitrogens with zero attached hydrogens (tertiary/aromatic N) is 3. The number of oxazole rings is 1. The molecule has 9 heteroatoms. The van der Waals surface area contributed by atoms with Crippen molar-refractivity contribution in [1.29, 1.82) is 0 Å². The molecule has 0 spiro atoms. The molecular formula is C21H19N3O6. The fourth-order valence-electron chi connectivity index (χ4n) is 3.18. The fourth-order valence-corrected chi connectivity index (χ4v) is 3.18. The van der Waals surface area contributed by atoms with Crippen LogP contribution < -0.4 is 4.90 Å². The molecule has 154 valence electrons. The Morgan fingerprint density at radius 3 is 2.67 bits per heavy atom. The molecule has 0 saturated carbocycles. The summed E-state index contributed by atoms with van der Waals surface area (Å²) < 4.78 is 16.2. The molecule has 1 aliphatic heterocycles. The summed E-state index contributed by atoms with van der Waals surface area (Å²) in [4.78, 5) is 29.5. The molecule has 0 aliphatic carbocycles. The van der Waals surface area contributed by atoms with Gasteiger partial charge >= 0.3 is 5.97 Å². The van der Waals surface area contributed by atoms with E-state index in [-0.39, 0.29) is 23.7 Å². The third kappa shape index (κ3) is 4.31. The van der Waals surface area contributed by atoms with Crippen LogP contribution in [0.4, 0.5) is 11.4 Å². The monoisotopic (exact) mass is 409 g/mol. The Morgan fingerprint density at radius 1 is 1.17 bits per heavy atom. The second kappa shape index (κ2) is 8.75. The molecule has 0 bridgehead atoms. The zero-order valence-corrected chi connectivity index (χ0v) is 16.0. The summed E-state index contributed by atoms with van der Waals surface area (Å²) >= 11 is 0. The van der Waals surface area contributed by atoms with E-state index in [4.69, 9.17) is 13.9 Å². The number of carbonyl (C=O) groups excluding carboxylic acids is 1. The third-order valence-electron chi connectivity index (χ3n) is 4.71. The van der Waals surface area contributed by atoms with Crippen LogP contribution in [0.25, 0.3) is 11.3 Å². The second-order valence-corrected chi connectivity index (χ2v) is 6.62. The van der Waals surface area contributed by atoms with Crippen LogP contribution in [0, 0.1) is 10.1 Å². The molecule has 30 heavy (non-hydrogen) atoms. The van der Waals surface area contributed by atoms with Crippen molar-refractivity contribution in [2.24, 2.45) is 0 Å². The van der Waals surface area contributed by atoms with Crippen LogP contribution in [0.3, 0.4) is 0 Å². The Balaban J connectivity index is 1.49. The van der Waals surface area contributed by atoms with Gasteiger partial charge in [-0.15, -0.1) is 0 Å². The van der Waals surface area contributed by atoms with Gasteiger partial charge in [-0.25, -0.2) is 9.78 Å². The minimum Gasteiger partial charge on any atom is -0.452 e. The molecule has 1 fully saturated rings. The lowest BCUT2D eigenvalue weighted by Gasteiger charge is -2.29. The average molecular weight is 409 g/mol. The van der Waals surface area contributed by atoms with Crippen molar-refractivity contribution in [3.63, 3.8) is 0 Å². The van der Waals surface area contributed by atoms with Gasteiger partial charge in [0.15, 0.2) is 12.4 Å². The van der Waals surface area contributed by atoms with E-state index in [1.165, 1.54) is 12.1 Å². The van der Waals surface area contributed by atoms with E-state index < -0.39 is 10.9 Å². The highest BCUT2D eigenvalue weighted by Gasteiger charge is 2.24. The normalized spacial score (nSPS) is 13.8. The minimum atomic E-state index is -0.809. The number of hydrogen-bond donors (Lipinski definition) is 0. The molecule has 0 amide bonds. The van der Waals surface area contributed by atoms with Gasteiger partial charge in [-0.1, -0.05) is 30.3 Å². The van der Waals surface area contributed by atoms with Crippen molar-refractivity contribution in [1.82, 2.24) is 4.98 Å². The van der Waals surface area contributed by atoms with Gasteiger partial charge in [-0.05, 0) is 12.1 Å². The molecule has 0 N–H and O–H groups in total. The van der Waals surface area contributed by atoms with Gasteiger partial charge in [-0.3, -0.25) is 10.1 Å². The number of aromatic nitrogens is 1. The number of anilines is 1. The van der Waals surface area contributed by atoms with Gasteiger partial charge in [0.2, 0.25) is 5.89 Å². The second-order valence-electron chi connectivity index (χ2n) is 6.62. The molecule has 0 atom stereocenters. The summed E-state index contributed by atoms with van der Waals surface area (Å²) in [6.45, 7) is 2.18. The zero-order valence-electron chi connectivity index (χ0n) is 16.0. The Morgan fingerprint density at radius 2 is 1.93 bits per heavy atom. The third-order valence-corrected chi connectivity index (χ3v) is 4.71. The minimum absolute atomic E-state index is 0.112. The van der Waals surface area contributed by atoms with Crippen LogP contribution in [0.5, 0.6) is 0 Å². The fraction of sp³-hybridized carbons (Fsp3) is 0.238. The van der Waals surface area contributed by atoms with E-state index >= 15 is 0 Å². The highest BCUT2D eigenvalue weighted by molar-refractivity contribution is 5.95. The van der Waals surface area contributed by atoms with Gasteiger partial charge in [0.1, 0.15) is 5.56 Å². The maximum atomic E-state index is 12.6. The summed E-state index contributed by atoms with van der Waals surface area (Å²) in [5.74, 6) is -0.0626. The number of rotatable bonds is 6. The summed E-state index contributed by atoms with van der Waals surface area (Å²) in [6.07, 6.45) is 1.54. The van der Waals surface area contributed by atoms with Crippen LogP contribution in [-0.2, 0) is 16.1 Å². The van der Waals surface area contributed by atoms with Crippen molar-refractivity contribution in [2.45, 2.75) is 6.61 Å². The first kappa shape index (κ1) is 19.6. The molecule has 2 aromatic carbocycles. The standard InChI is InChI=1S/C21H19N3O6/c25-21(29-14-20-22-13-19(30-20)15-4-2-1-3-5-15)17-12-16(6-7-18(17)24(26)27)23-8-10-28-11-9-23/h1-7,12-13H,8-11,14H2. The number of nitro benzene ring substituents is 1. The van der Waals surface area contributed by atoms with E-state index in [1.807, 2.05) is 35.2 Å². The predicted octanol–water partition coefficient (Wildman–Crippen LogP) is 3.44. The van der Waals surface area contributed by atoms with Crippen LogP contribution in [-0.4, -0.2) is 42.2 Å². The highest BCUT2D eigenvalue weighted by atomic mass is 16.6. The maximum Gasteiger partial charge on any atom is 0.345 e. The van der Waals surface area contributed by atoms with Crippen LogP contribution in [0.1, 0.15) is 16.2 Å². The van der Waals surface area contributed by atoms with Crippen molar-refractivity contribution in [3.8, 4) is 11.3 Å². The van der Waals surface area contributed by atoms with Crippen molar-refractivity contribution in [2.75, 3.05) is 31.2 Å². The SMILES string of the molecule is O=C(OCc1ncc(-c2ccccc2)o1)c1cc(N2CCOCC2)ccc1[N+](=O)[O-]. The molecule has 3 aromatic rings. The molecule has 2 heterocycles. The molecule has 4 rings (SSSR count). The average Bonchev–Trinajstić information content (AvgIpc) is 3.27. The van der Waals surface area contributed by atoms with Crippen LogP contribution in [0.15, 0.2) is 59.1 Å². The first-order valence-electron chi connectivity index (χ1n) is 9.40. The van der Waals surface area contributed by atoms with Crippen LogP contribution in [0.2, 0.25) is 0 Å². The molecule has 1 aliphatic rings. The Bertz CT molecular complexity index is 1040. The zero-order chi connectivity index (χ0) is 20.9. The highest BCUT2D eigenvalue weighted by Crippen LogP contribution is 2.27. The molecule has 9 nitrogen and oxygen atoms in total. The van der Waals surface area contributed by atoms with Crippen molar-refractivity contribution >= 4 is 17.3 Å². The molecule has 1 aromatic heterocycles. The Hall–Kier alpha value is -3.72. The number of morpholine rings is 1. The number of ether oxygens (including phenoxy) is 2. The topological polar surface area (TPSA) is 108 Å². The molecule has 1 saturated heterocycles. The number of hydrogen-bond acceptors (Lipinski definition) is 8. The lowest BCUT2D eigenvalue weighted by atomic mass is 10.1. The van der Waals surface area contributed by atoms with Gasteiger partial charge in [-0.2, -0.15) is 0 Å². The van der Waals surface area contributed by atoms with Gasteiger partial charge in [0.25, 0.3) is 5.69 Å². The summed E-state index contributed by atoms with van der Waals surface area (Å²) in [6, 6.07) is 13.8. The lowest BCUT2D eigenvalue weighted by molar-refractivity contribution is -0.385. The molecular weight excluding hydrogens is 390 g/mol. The van der Waals surface area contributed by atoms with E-state index in [1.54, 1.807) is 12.3 Å². The number of nitro groups is 1. The predicted molar refractivity (Wildman–Crippen MR) is 107 cm³/mol. The van der Waals surface area contributed by atoms with Gasteiger partial charge in [0.05, 0.1) is 24.3 Å². The number of carbonyl (C=O) groups is 1. The van der Waals surface area contributed by atoms with Crippen molar-refractivity contribution < 1.29 is 23.6 Å². The lowest BCUT2D eigenvalue weighted by Crippen LogP contribution is -2.36. The first-order valence-corrected chi connectivity index (χ1v) is 9.40. The van der Waals surface area contributed by atoms with E-state index in [0.29, 0.717) is 37.8 Å². The summed E-state index contributed by atoms with van der Waals surface area (Å²) in [7, 11) is 0. The maximum absolute atomic E-state index is 12.6. The number of benzene rings is 2. The first-order chi connectivity index (χ1) is 14.6. The van der Waals surface area contributed by atoms with E-state index in [2.05, 4.69) is 4.98 Å². The number of esters is 1. The smallest absolute Gasteiger partial charge is 0.345 e. The van der Waals surface area contributed by atoms with E-state index in [0.717, 1.165) is 5.56 Å².